The summed E-state index contributed by atoms with van der Waals surface area (Å²) in [6, 6.07) is 4.81. The molecule has 15 heavy (non-hydrogen) atoms. The van der Waals surface area contributed by atoms with Crippen molar-refractivity contribution in [1.29, 1.82) is 0 Å². The molecule has 0 radical (unpaired) electrons. The Balaban J connectivity index is 2.63. The van der Waals surface area contributed by atoms with Crippen LogP contribution in [-0.2, 0) is 4.79 Å². The Morgan fingerprint density at radius 1 is 1.53 bits per heavy atom. The highest BCUT2D eigenvalue weighted by molar-refractivity contribution is 5.76. The molecule has 0 aliphatic heterocycles. The van der Waals surface area contributed by atoms with Crippen LogP contribution in [0.15, 0.2) is 24.4 Å². The van der Waals surface area contributed by atoms with Crippen LogP contribution in [0.2, 0.25) is 0 Å². The van der Waals surface area contributed by atoms with Crippen molar-refractivity contribution in [3.8, 4) is 0 Å². The zero-order valence-electron chi connectivity index (χ0n) is 8.97. The number of aromatic nitrogens is 1. The number of hydrogen-bond acceptors (Lipinski definition) is 3. The summed E-state index contributed by atoms with van der Waals surface area (Å²) < 4.78 is 0. The molecule has 1 heterocycles. The van der Waals surface area contributed by atoms with E-state index in [1.54, 1.807) is 18.3 Å². The van der Waals surface area contributed by atoms with Crippen LogP contribution in [0.4, 0.5) is 5.82 Å². The molecule has 0 aliphatic carbocycles. The summed E-state index contributed by atoms with van der Waals surface area (Å²) in [6.45, 7) is 3.99. The lowest BCUT2D eigenvalue weighted by Crippen LogP contribution is -2.31. The average Bonchev–Trinajstić information content (AvgIpc) is 2.17. The SMILES string of the molecule is CC(C)C[C@@H](Nc1ccccn1)C(=O)O. The number of hydrogen-bond donors (Lipinski definition) is 2. The van der Waals surface area contributed by atoms with Crippen molar-refractivity contribution in [1.82, 2.24) is 4.98 Å². The first-order valence-electron chi connectivity index (χ1n) is 5.00. The zero-order valence-corrected chi connectivity index (χ0v) is 8.97. The average molecular weight is 208 g/mol. The van der Waals surface area contributed by atoms with Gasteiger partial charge in [-0.3, -0.25) is 0 Å². The van der Waals surface area contributed by atoms with Gasteiger partial charge in [0.05, 0.1) is 0 Å². The van der Waals surface area contributed by atoms with Crippen LogP contribution in [0, 0.1) is 5.92 Å². The maximum Gasteiger partial charge on any atom is 0.326 e. The Morgan fingerprint density at radius 2 is 2.27 bits per heavy atom. The van der Waals surface area contributed by atoms with Crippen molar-refractivity contribution in [2.45, 2.75) is 26.3 Å². The summed E-state index contributed by atoms with van der Waals surface area (Å²) in [7, 11) is 0. The first kappa shape index (κ1) is 11.5. The van der Waals surface area contributed by atoms with Crippen LogP contribution >= 0.6 is 0 Å². The number of rotatable bonds is 5. The van der Waals surface area contributed by atoms with Crippen LogP contribution in [0.25, 0.3) is 0 Å². The minimum Gasteiger partial charge on any atom is -0.480 e. The molecule has 0 unspecified atom stereocenters. The summed E-state index contributed by atoms with van der Waals surface area (Å²) in [4.78, 5) is 15.0. The summed E-state index contributed by atoms with van der Waals surface area (Å²) >= 11 is 0. The van der Waals surface area contributed by atoms with E-state index in [4.69, 9.17) is 5.11 Å². The predicted octanol–water partition coefficient (Wildman–Crippen LogP) is 1.99. The Bertz CT molecular complexity index is 312. The predicted molar refractivity (Wildman–Crippen MR) is 58.7 cm³/mol. The highest BCUT2D eigenvalue weighted by Crippen LogP contribution is 2.10. The van der Waals surface area contributed by atoms with E-state index in [0.29, 0.717) is 18.2 Å². The Labute approximate surface area is 89.3 Å². The molecule has 0 saturated heterocycles. The number of aliphatic carboxylic acids is 1. The van der Waals surface area contributed by atoms with Crippen molar-refractivity contribution in [2.75, 3.05) is 5.32 Å². The molecule has 0 fully saturated rings. The maximum absolute atomic E-state index is 10.9. The van der Waals surface area contributed by atoms with Gasteiger partial charge in [0.25, 0.3) is 0 Å². The Hall–Kier alpha value is -1.58. The van der Waals surface area contributed by atoms with Gasteiger partial charge in [-0.1, -0.05) is 19.9 Å². The van der Waals surface area contributed by atoms with Crippen molar-refractivity contribution in [3.63, 3.8) is 0 Å². The van der Waals surface area contributed by atoms with Crippen molar-refractivity contribution in [3.05, 3.63) is 24.4 Å². The normalized spacial score (nSPS) is 12.5. The molecule has 82 valence electrons. The van der Waals surface area contributed by atoms with Gasteiger partial charge in [-0.25, -0.2) is 9.78 Å². The maximum atomic E-state index is 10.9. The molecule has 0 spiro atoms. The fourth-order valence-electron chi connectivity index (χ4n) is 1.32. The molecular formula is C11H16N2O2. The number of nitrogens with zero attached hydrogens (tertiary/aromatic N) is 1. The molecule has 2 N–H and O–H groups in total. The quantitative estimate of drug-likeness (QED) is 0.776. The zero-order chi connectivity index (χ0) is 11.3. The number of pyridine rings is 1. The molecule has 0 bridgehead atoms. The van der Waals surface area contributed by atoms with Crippen LogP contribution in [-0.4, -0.2) is 22.1 Å². The van der Waals surface area contributed by atoms with Gasteiger partial charge in [-0.15, -0.1) is 0 Å². The molecule has 1 aromatic heterocycles. The molecule has 0 saturated carbocycles. The highest BCUT2D eigenvalue weighted by atomic mass is 16.4. The third-order valence-electron chi connectivity index (χ3n) is 1.99. The molecule has 0 aromatic carbocycles. The lowest BCUT2D eigenvalue weighted by Gasteiger charge is -2.16. The third kappa shape index (κ3) is 3.97. The number of carboxylic acids is 1. The van der Waals surface area contributed by atoms with Gasteiger partial charge in [0, 0.05) is 6.20 Å². The second-order valence-corrected chi connectivity index (χ2v) is 3.88. The fourth-order valence-corrected chi connectivity index (χ4v) is 1.32. The Kier molecular flexibility index (Phi) is 4.09. The summed E-state index contributed by atoms with van der Waals surface area (Å²) in [5, 5.41) is 11.9. The third-order valence-corrected chi connectivity index (χ3v) is 1.99. The minimum atomic E-state index is -0.839. The van der Waals surface area contributed by atoms with E-state index in [1.807, 2.05) is 19.9 Å². The van der Waals surface area contributed by atoms with Gasteiger partial charge in [0.1, 0.15) is 11.9 Å². The van der Waals surface area contributed by atoms with Gasteiger partial charge in [-0.2, -0.15) is 0 Å². The summed E-state index contributed by atoms with van der Waals surface area (Å²) in [6.07, 6.45) is 2.22. The van der Waals surface area contributed by atoms with Crippen LogP contribution in [0.5, 0.6) is 0 Å². The number of nitrogens with one attached hydrogen (secondary N) is 1. The summed E-state index contributed by atoms with van der Waals surface area (Å²) in [5.74, 6) is 0.0993. The molecule has 0 aliphatic rings. The van der Waals surface area contributed by atoms with Gasteiger partial charge in [-0.05, 0) is 24.5 Å². The van der Waals surface area contributed by atoms with Crippen molar-refractivity contribution >= 4 is 11.8 Å². The summed E-state index contributed by atoms with van der Waals surface area (Å²) in [5.41, 5.74) is 0. The largest absolute Gasteiger partial charge is 0.480 e. The van der Waals surface area contributed by atoms with Crippen LogP contribution in [0.3, 0.4) is 0 Å². The second-order valence-electron chi connectivity index (χ2n) is 3.88. The number of anilines is 1. The van der Waals surface area contributed by atoms with E-state index in [1.165, 1.54) is 0 Å². The molecule has 1 aromatic rings. The molecule has 1 atom stereocenters. The molecule has 4 heteroatoms. The first-order valence-corrected chi connectivity index (χ1v) is 5.00. The number of carbonyl (C=O) groups is 1. The monoisotopic (exact) mass is 208 g/mol. The van der Waals surface area contributed by atoms with E-state index >= 15 is 0 Å². The Morgan fingerprint density at radius 3 is 2.73 bits per heavy atom. The van der Waals surface area contributed by atoms with E-state index in [2.05, 4.69) is 10.3 Å². The van der Waals surface area contributed by atoms with Crippen LogP contribution < -0.4 is 5.32 Å². The lowest BCUT2D eigenvalue weighted by molar-refractivity contribution is -0.138. The molecular weight excluding hydrogens is 192 g/mol. The van der Waals surface area contributed by atoms with E-state index < -0.39 is 12.0 Å². The van der Waals surface area contributed by atoms with Gasteiger partial charge in [0.2, 0.25) is 0 Å². The lowest BCUT2D eigenvalue weighted by atomic mass is 10.0. The first-order chi connectivity index (χ1) is 7.09. The van der Waals surface area contributed by atoms with Gasteiger partial charge >= 0.3 is 5.97 Å². The molecule has 0 amide bonds. The van der Waals surface area contributed by atoms with Crippen LogP contribution in [0.1, 0.15) is 20.3 Å². The van der Waals surface area contributed by atoms with Crippen molar-refractivity contribution in [2.24, 2.45) is 5.92 Å². The topological polar surface area (TPSA) is 62.2 Å². The van der Waals surface area contributed by atoms with Gasteiger partial charge < -0.3 is 10.4 Å². The van der Waals surface area contributed by atoms with E-state index in [9.17, 15) is 4.79 Å². The van der Waals surface area contributed by atoms with E-state index in [-0.39, 0.29) is 0 Å². The van der Waals surface area contributed by atoms with Gasteiger partial charge in [0.15, 0.2) is 0 Å². The fraction of sp³-hybridized carbons (Fsp3) is 0.455. The highest BCUT2D eigenvalue weighted by Gasteiger charge is 2.18. The standard InChI is InChI=1S/C11H16N2O2/c1-8(2)7-9(11(14)15)13-10-5-3-4-6-12-10/h3-6,8-9H,7H2,1-2H3,(H,12,13)(H,14,15)/t9-/m1/s1. The molecule has 4 nitrogen and oxygen atoms in total. The molecule has 1 rings (SSSR count). The smallest absolute Gasteiger partial charge is 0.326 e. The minimum absolute atomic E-state index is 0.335. The second kappa shape index (κ2) is 5.34. The van der Waals surface area contributed by atoms with E-state index in [0.717, 1.165) is 0 Å². The number of carboxylic acid groups (broad SMARTS) is 1. The van der Waals surface area contributed by atoms with Crippen molar-refractivity contribution < 1.29 is 9.90 Å².